The third-order valence-corrected chi connectivity index (χ3v) is 5.89. The molecule has 2 fully saturated rings. The summed E-state index contributed by atoms with van der Waals surface area (Å²) in [4.78, 5) is 11.8. The first kappa shape index (κ1) is 17.7. The number of carbonyl (C=O) groups excluding carboxylic acids is 1. The van der Waals surface area contributed by atoms with Gasteiger partial charge in [0.25, 0.3) is 0 Å². The SMILES string of the molecule is CCCCCCC[C@H](O)/C=C/[C@H]1[C@H](O)CC[C@]2(C)C(=O)C[C@H]12. The van der Waals surface area contributed by atoms with E-state index in [0.717, 1.165) is 19.3 Å². The van der Waals surface area contributed by atoms with Crippen molar-refractivity contribution in [1.82, 2.24) is 0 Å². The highest BCUT2D eigenvalue weighted by molar-refractivity contribution is 5.91. The summed E-state index contributed by atoms with van der Waals surface area (Å²) >= 11 is 0. The molecule has 2 saturated carbocycles. The van der Waals surface area contributed by atoms with Crippen LogP contribution in [-0.4, -0.2) is 28.2 Å². The molecular weight excluding hydrogens is 276 g/mol. The van der Waals surface area contributed by atoms with Crippen molar-refractivity contribution in [3.63, 3.8) is 0 Å². The van der Waals surface area contributed by atoms with Crippen molar-refractivity contribution in [1.29, 1.82) is 0 Å². The fourth-order valence-electron chi connectivity index (χ4n) is 4.10. The van der Waals surface area contributed by atoms with Gasteiger partial charge >= 0.3 is 0 Å². The molecule has 2 aliphatic carbocycles. The highest BCUT2D eigenvalue weighted by atomic mass is 16.3. The number of aliphatic hydroxyl groups is 2. The molecule has 2 N–H and O–H groups in total. The van der Waals surface area contributed by atoms with E-state index in [1.807, 2.05) is 19.1 Å². The second-order valence-corrected chi connectivity index (χ2v) is 7.49. The Morgan fingerprint density at radius 1 is 1.32 bits per heavy atom. The number of hydrogen-bond donors (Lipinski definition) is 2. The van der Waals surface area contributed by atoms with Crippen molar-refractivity contribution in [2.45, 2.75) is 83.8 Å². The molecule has 22 heavy (non-hydrogen) atoms. The van der Waals surface area contributed by atoms with Crippen molar-refractivity contribution in [3.8, 4) is 0 Å². The van der Waals surface area contributed by atoms with Crippen LogP contribution in [0.3, 0.4) is 0 Å². The zero-order chi connectivity index (χ0) is 16.2. The van der Waals surface area contributed by atoms with Crippen molar-refractivity contribution >= 4 is 5.78 Å². The van der Waals surface area contributed by atoms with E-state index in [1.54, 1.807) is 0 Å². The van der Waals surface area contributed by atoms with Gasteiger partial charge in [0.15, 0.2) is 0 Å². The second-order valence-electron chi connectivity index (χ2n) is 7.49. The fraction of sp³-hybridized carbons (Fsp3) is 0.842. The quantitative estimate of drug-likeness (QED) is 0.532. The van der Waals surface area contributed by atoms with E-state index < -0.39 is 6.10 Å². The number of unbranched alkanes of at least 4 members (excludes halogenated alkanes) is 4. The van der Waals surface area contributed by atoms with Crippen LogP contribution in [0.4, 0.5) is 0 Å². The Bertz CT molecular complexity index is 403. The Kier molecular flexibility index (Phi) is 6.22. The van der Waals surface area contributed by atoms with Gasteiger partial charge in [0.05, 0.1) is 12.2 Å². The van der Waals surface area contributed by atoms with E-state index in [1.165, 1.54) is 25.7 Å². The van der Waals surface area contributed by atoms with Crippen LogP contribution >= 0.6 is 0 Å². The standard InChI is InChI=1S/C19H32O3/c1-3-4-5-6-7-8-14(20)9-10-15-16-13-18(22)19(16,2)12-11-17(15)21/h9-10,14-17,20-21H,3-8,11-13H2,1-2H3/b10-9+/t14-,15+,16+,17+,19-/m0/s1. The van der Waals surface area contributed by atoms with Gasteiger partial charge in [0.2, 0.25) is 0 Å². The molecule has 2 rings (SSSR count). The fourth-order valence-corrected chi connectivity index (χ4v) is 4.10. The minimum absolute atomic E-state index is 0.0335. The largest absolute Gasteiger partial charge is 0.393 e. The molecule has 0 amide bonds. The van der Waals surface area contributed by atoms with Crippen molar-refractivity contribution in [2.75, 3.05) is 0 Å². The first-order chi connectivity index (χ1) is 10.5. The Labute approximate surface area is 134 Å². The number of Topliss-reactive ketones (excluding diaryl/α,β-unsaturated/α-hetero) is 1. The molecule has 0 unspecified atom stereocenters. The van der Waals surface area contributed by atoms with Crippen molar-refractivity contribution in [3.05, 3.63) is 12.2 Å². The maximum atomic E-state index is 11.8. The smallest absolute Gasteiger partial charge is 0.139 e. The Morgan fingerprint density at radius 3 is 2.73 bits per heavy atom. The molecule has 0 radical (unpaired) electrons. The zero-order valence-electron chi connectivity index (χ0n) is 14.1. The minimum atomic E-state index is -0.419. The van der Waals surface area contributed by atoms with Gasteiger partial charge in [0.1, 0.15) is 5.78 Å². The summed E-state index contributed by atoms with van der Waals surface area (Å²) in [5.74, 6) is 0.641. The van der Waals surface area contributed by atoms with E-state index in [2.05, 4.69) is 6.92 Å². The maximum absolute atomic E-state index is 11.8. The summed E-state index contributed by atoms with van der Waals surface area (Å²) in [5.41, 5.74) is -0.223. The van der Waals surface area contributed by atoms with Crippen molar-refractivity contribution in [2.24, 2.45) is 17.3 Å². The normalized spacial score (nSPS) is 36.2. The van der Waals surface area contributed by atoms with Gasteiger partial charge in [-0.2, -0.15) is 0 Å². The number of rotatable bonds is 8. The average molecular weight is 308 g/mol. The number of hydrogen-bond acceptors (Lipinski definition) is 3. The topological polar surface area (TPSA) is 57.5 Å². The summed E-state index contributed by atoms with van der Waals surface area (Å²) in [5, 5.41) is 20.3. The Balaban J connectivity index is 1.79. The van der Waals surface area contributed by atoms with Crippen LogP contribution in [0, 0.1) is 17.3 Å². The van der Waals surface area contributed by atoms with Gasteiger partial charge in [-0.25, -0.2) is 0 Å². The van der Waals surface area contributed by atoms with Crippen LogP contribution in [0.1, 0.15) is 71.6 Å². The predicted octanol–water partition coefficient (Wildman–Crippen LogP) is 3.63. The summed E-state index contributed by atoms with van der Waals surface area (Å²) in [6, 6.07) is 0. The van der Waals surface area contributed by atoms with E-state index in [9.17, 15) is 15.0 Å². The predicted molar refractivity (Wildman–Crippen MR) is 88.5 cm³/mol. The van der Waals surface area contributed by atoms with Gasteiger partial charge in [0, 0.05) is 17.8 Å². The lowest BCUT2D eigenvalue weighted by Gasteiger charge is -2.53. The molecule has 0 heterocycles. The first-order valence-corrected chi connectivity index (χ1v) is 9.06. The molecule has 0 aromatic heterocycles. The maximum Gasteiger partial charge on any atom is 0.139 e. The molecule has 0 spiro atoms. The summed E-state index contributed by atoms with van der Waals surface area (Å²) in [7, 11) is 0. The van der Waals surface area contributed by atoms with Gasteiger partial charge in [-0.1, -0.05) is 58.1 Å². The number of aliphatic hydroxyl groups excluding tert-OH is 2. The minimum Gasteiger partial charge on any atom is -0.393 e. The highest BCUT2D eigenvalue weighted by Crippen LogP contribution is 2.55. The Morgan fingerprint density at radius 2 is 2.05 bits per heavy atom. The first-order valence-electron chi connectivity index (χ1n) is 9.06. The lowest BCUT2D eigenvalue weighted by Crippen LogP contribution is -2.56. The third-order valence-electron chi connectivity index (χ3n) is 5.89. The van der Waals surface area contributed by atoms with Crippen LogP contribution in [0.5, 0.6) is 0 Å². The van der Waals surface area contributed by atoms with Gasteiger partial charge in [-0.05, 0) is 25.2 Å². The van der Waals surface area contributed by atoms with E-state index in [-0.39, 0.29) is 23.4 Å². The highest BCUT2D eigenvalue weighted by Gasteiger charge is 2.57. The Hall–Kier alpha value is -0.670. The molecule has 2 aliphatic rings. The van der Waals surface area contributed by atoms with Crippen LogP contribution in [0.25, 0.3) is 0 Å². The van der Waals surface area contributed by atoms with E-state index in [0.29, 0.717) is 18.6 Å². The summed E-state index contributed by atoms with van der Waals surface area (Å²) in [6.45, 7) is 4.24. The number of fused-ring (bicyclic) bond motifs is 1. The van der Waals surface area contributed by atoms with E-state index in [4.69, 9.17) is 0 Å². The molecule has 0 aliphatic heterocycles. The number of carbonyl (C=O) groups is 1. The average Bonchev–Trinajstić information content (AvgIpc) is 2.50. The van der Waals surface area contributed by atoms with Crippen molar-refractivity contribution < 1.29 is 15.0 Å². The van der Waals surface area contributed by atoms with Crippen LogP contribution < -0.4 is 0 Å². The van der Waals surface area contributed by atoms with Crippen LogP contribution in [0.2, 0.25) is 0 Å². The lowest BCUT2D eigenvalue weighted by molar-refractivity contribution is -0.157. The zero-order valence-corrected chi connectivity index (χ0v) is 14.1. The molecule has 0 saturated heterocycles. The summed E-state index contributed by atoms with van der Waals surface area (Å²) in [6.07, 6.45) is 11.9. The van der Waals surface area contributed by atoms with Crippen LogP contribution in [-0.2, 0) is 4.79 Å². The molecule has 126 valence electrons. The molecule has 0 bridgehead atoms. The van der Waals surface area contributed by atoms with Gasteiger partial charge in [-0.15, -0.1) is 0 Å². The van der Waals surface area contributed by atoms with Gasteiger partial charge < -0.3 is 10.2 Å². The second kappa shape index (κ2) is 7.74. The number of ketones is 1. The monoisotopic (exact) mass is 308 g/mol. The molecule has 0 aromatic carbocycles. The molecule has 0 aromatic rings. The lowest BCUT2D eigenvalue weighted by atomic mass is 9.50. The van der Waals surface area contributed by atoms with E-state index >= 15 is 0 Å². The molecule has 3 heteroatoms. The molecule has 5 atom stereocenters. The third kappa shape index (κ3) is 3.80. The molecule has 3 nitrogen and oxygen atoms in total. The molecular formula is C19H32O3. The summed E-state index contributed by atoms with van der Waals surface area (Å²) < 4.78 is 0. The van der Waals surface area contributed by atoms with Crippen LogP contribution in [0.15, 0.2) is 12.2 Å². The van der Waals surface area contributed by atoms with Gasteiger partial charge in [-0.3, -0.25) is 4.79 Å².